The van der Waals surface area contributed by atoms with E-state index in [9.17, 15) is 8.42 Å². The molecule has 0 radical (unpaired) electrons. The molecule has 3 aromatic rings. The predicted molar refractivity (Wildman–Crippen MR) is 88.9 cm³/mol. The van der Waals surface area contributed by atoms with Crippen LogP contribution in [0, 0.1) is 6.92 Å². The molecule has 0 atom stereocenters. The quantitative estimate of drug-likeness (QED) is 0.770. The van der Waals surface area contributed by atoms with Crippen LogP contribution in [0.15, 0.2) is 64.1 Å². The second-order valence-electron chi connectivity index (χ2n) is 4.95. The Hall–Kier alpha value is -2.31. The lowest BCUT2D eigenvalue weighted by Crippen LogP contribution is -2.13. The smallest absolute Gasteiger partial charge is 0.264 e. The minimum absolute atomic E-state index is 0.0588. The zero-order valence-electron chi connectivity index (χ0n) is 12.2. The first kappa shape index (κ1) is 15.6. The van der Waals surface area contributed by atoms with Gasteiger partial charge in [-0.2, -0.15) is 0 Å². The van der Waals surface area contributed by atoms with Crippen molar-refractivity contribution in [3.05, 3.63) is 65.3 Å². The maximum Gasteiger partial charge on any atom is 0.264 e. The van der Waals surface area contributed by atoms with Crippen LogP contribution in [0.3, 0.4) is 0 Å². The van der Waals surface area contributed by atoms with Crippen molar-refractivity contribution in [3.8, 4) is 11.1 Å². The predicted octanol–water partition coefficient (Wildman–Crippen LogP) is 4.10. The Morgan fingerprint density at radius 1 is 1.13 bits per heavy atom. The lowest BCUT2D eigenvalue weighted by Gasteiger charge is -2.08. The van der Waals surface area contributed by atoms with Gasteiger partial charge < -0.3 is 4.52 Å². The third-order valence-corrected chi connectivity index (χ3v) is 5.07. The molecule has 1 aromatic heterocycles. The van der Waals surface area contributed by atoms with E-state index in [-0.39, 0.29) is 10.8 Å². The summed E-state index contributed by atoms with van der Waals surface area (Å²) in [6.45, 7) is 1.80. The van der Waals surface area contributed by atoms with Crippen molar-refractivity contribution in [1.82, 2.24) is 5.16 Å². The molecule has 0 saturated carbocycles. The first-order valence-corrected chi connectivity index (χ1v) is 8.62. The van der Waals surface area contributed by atoms with E-state index in [0.29, 0.717) is 10.6 Å². The first-order chi connectivity index (χ1) is 11.0. The minimum Gasteiger partial charge on any atom is -0.337 e. The van der Waals surface area contributed by atoms with Gasteiger partial charge in [0.05, 0.1) is 16.7 Å². The Morgan fingerprint density at radius 2 is 1.87 bits per heavy atom. The second-order valence-corrected chi connectivity index (χ2v) is 7.04. The van der Waals surface area contributed by atoms with E-state index < -0.39 is 10.0 Å². The number of rotatable bonds is 4. The number of anilines is 1. The van der Waals surface area contributed by atoms with E-state index in [0.717, 1.165) is 11.1 Å². The molecular weight excluding hydrogens is 336 g/mol. The van der Waals surface area contributed by atoms with Gasteiger partial charge in [-0.15, -0.1) is 0 Å². The fourth-order valence-electron chi connectivity index (χ4n) is 2.06. The van der Waals surface area contributed by atoms with E-state index in [1.54, 1.807) is 13.0 Å². The molecule has 0 spiro atoms. The van der Waals surface area contributed by atoms with Crippen molar-refractivity contribution in [3.63, 3.8) is 0 Å². The standard InChI is InChI=1S/C16H13ClN2O3S/c1-11-7-8-13(9-15(11)17)23(20,21)19-16-14(10-18-22-16)12-5-3-2-4-6-12/h2-10,19H,1H3. The highest BCUT2D eigenvalue weighted by atomic mass is 35.5. The van der Waals surface area contributed by atoms with Crippen LogP contribution in [0.5, 0.6) is 0 Å². The van der Waals surface area contributed by atoms with E-state index in [2.05, 4.69) is 9.88 Å². The van der Waals surface area contributed by atoms with Crippen molar-refractivity contribution in [2.75, 3.05) is 4.72 Å². The molecular formula is C16H13ClN2O3S. The Kier molecular flexibility index (Phi) is 4.11. The highest BCUT2D eigenvalue weighted by molar-refractivity contribution is 7.92. The number of hydrogen-bond donors (Lipinski definition) is 1. The summed E-state index contributed by atoms with van der Waals surface area (Å²) in [6, 6.07) is 13.8. The molecule has 1 N–H and O–H groups in total. The van der Waals surface area contributed by atoms with E-state index >= 15 is 0 Å². The van der Waals surface area contributed by atoms with Crippen LogP contribution in [0.2, 0.25) is 5.02 Å². The van der Waals surface area contributed by atoms with Gasteiger partial charge in [0, 0.05) is 5.02 Å². The summed E-state index contributed by atoms with van der Waals surface area (Å²) in [5.41, 5.74) is 2.16. The molecule has 3 rings (SSSR count). The van der Waals surface area contributed by atoms with Crippen LogP contribution >= 0.6 is 11.6 Å². The van der Waals surface area contributed by atoms with E-state index in [4.69, 9.17) is 16.1 Å². The fourth-order valence-corrected chi connectivity index (χ4v) is 3.33. The molecule has 0 saturated heterocycles. The van der Waals surface area contributed by atoms with Gasteiger partial charge in [0.1, 0.15) is 0 Å². The summed E-state index contributed by atoms with van der Waals surface area (Å²) in [7, 11) is -3.82. The number of nitrogens with one attached hydrogen (secondary N) is 1. The largest absolute Gasteiger partial charge is 0.337 e. The lowest BCUT2D eigenvalue weighted by molar-refractivity contribution is 0.435. The van der Waals surface area contributed by atoms with Crippen LogP contribution < -0.4 is 4.72 Å². The average Bonchev–Trinajstić information content (AvgIpc) is 2.98. The van der Waals surface area contributed by atoms with Gasteiger partial charge in [-0.25, -0.2) is 13.1 Å². The van der Waals surface area contributed by atoms with E-state index in [1.165, 1.54) is 18.3 Å². The number of aryl methyl sites for hydroxylation is 1. The molecule has 1 heterocycles. The minimum atomic E-state index is -3.82. The third-order valence-electron chi connectivity index (χ3n) is 3.34. The van der Waals surface area contributed by atoms with Gasteiger partial charge >= 0.3 is 0 Å². The fraction of sp³-hybridized carbons (Fsp3) is 0.0625. The van der Waals surface area contributed by atoms with Gasteiger partial charge in [-0.05, 0) is 30.2 Å². The number of sulfonamides is 1. The molecule has 118 valence electrons. The van der Waals surface area contributed by atoms with Gasteiger partial charge in [-0.1, -0.05) is 53.2 Å². The second kappa shape index (κ2) is 6.06. The SMILES string of the molecule is Cc1ccc(S(=O)(=O)Nc2oncc2-c2ccccc2)cc1Cl. The summed E-state index contributed by atoms with van der Waals surface area (Å²) >= 11 is 6.00. The molecule has 0 aliphatic heterocycles. The summed E-state index contributed by atoms with van der Waals surface area (Å²) < 4.78 is 32.4. The average molecular weight is 349 g/mol. The normalized spacial score (nSPS) is 11.4. The summed E-state index contributed by atoms with van der Waals surface area (Å²) in [6.07, 6.45) is 1.47. The van der Waals surface area contributed by atoms with Crippen molar-refractivity contribution in [2.24, 2.45) is 0 Å². The Balaban J connectivity index is 1.96. The van der Waals surface area contributed by atoms with Crippen LogP contribution in [-0.2, 0) is 10.0 Å². The van der Waals surface area contributed by atoms with Gasteiger partial charge in [0.15, 0.2) is 0 Å². The number of hydrogen-bond acceptors (Lipinski definition) is 4. The first-order valence-electron chi connectivity index (χ1n) is 6.76. The zero-order chi connectivity index (χ0) is 16.4. The molecule has 2 aromatic carbocycles. The van der Waals surface area contributed by atoms with E-state index in [1.807, 2.05) is 30.3 Å². The van der Waals surface area contributed by atoms with Crippen LogP contribution in [0.25, 0.3) is 11.1 Å². The Morgan fingerprint density at radius 3 is 2.57 bits per heavy atom. The van der Waals surface area contributed by atoms with Crippen LogP contribution in [-0.4, -0.2) is 13.6 Å². The van der Waals surface area contributed by atoms with Crippen molar-refractivity contribution < 1.29 is 12.9 Å². The van der Waals surface area contributed by atoms with Crippen molar-refractivity contribution >= 4 is 27.5 Å². The highest BCUT2D eigenvalue weighted by Crippen LogP contribution is 2.30. The molecule has 5 nitrogen and oxygen atoms in total. The maximum atomic E-state index is 12.5. The molecule has 0 amide bonds. The summed E-state index contributed by atoms with van der Waals surface area (Å²) in [5, 5.41) is 4.06. The monoisotopic (exact) mass is 348 g/mol. The molecule has 0 bridgehead atoms. The third kappa shape index (κ3) is 3.23. The molecule has 7 heteroatoms. The number of nitrogens with zero attached hydrogens (tertiary/aromatic N) is 1. The van der Waals surface area contributed by atoms with Gasteiger partial charge in [-0.3, -0.25) is 0 Å². The van der Waals surface area contributed by atoms with Crippen LogP contribution in [0.4, 0.5) is 5.88 Å². The summed E-state index contributed by atoms with van der Waals surface area (Å²) in [4.78, 5) is 0.0588. The zero-order valence-corrected chi connectivity index (χ0v) is 13.7. The molecule has 0 unspecified atom stereocenters. The van der Waals surface area contributed by atoms with Crippen molar-refractivity contribution in [2.45, 2.75) is 11.8 Å². The molecule has 23 heavy (non-hydrogen) atoms. The van der Waals surface area contributed by atoms with Gasteiger partial charge in [0.25, 0.3) is 10.0 Å². The topological polar surface area (TPSA) is 72.2 Å². The van der Waals surface area contributed by atoms with Gasteiger partial charge in [0.2, 0.25) is 5.88 Å². The summed E-state index contributed by atoms with van der Waals surface area (Å²) in [5.74, 6) is 0.0629. The van der Waals surface area contributed by atoms with Crippen molar-refractivity contribution in [1.29, 1.82) is 0 Å². The number of halogens is 1. The molecule has 0 aliphatic rings. The van der Waals surface area contributed by atoms with Crippen LogP contribution in [0.1, 0.15) is 5.56 Å². The Labute approximate surface area is 138 Å². The Bertz CT molecular complexity index is 937. The molecule has 0 aliphatic carbocycles. The number of aromatic nitrogens is 1. The number of benzene rings is 2. The maximum absolute atomic E-state index is 12.5. The molecule has 0 fully saturated rings. The lowest BCUT2D eigenvalue weighted by atomic mass is 10.1. The highest BCUT2D eigenvalue weighted by Gasteiger charge is 2.20.